The lowest BCUT2D eigenvalue weighted by molar-refractivity contribution is -0.148. The summed E-state index contributed by atoms with van der Waals surface area (Å²) in [5, 5.41) is 0. The Morgan fingerprint density at radius 1 is 0.611 bits per heavy atom. The summed E-state index contributed by atoms with van der Waals surface area (Å²) in [5.74, 6) is -1.11. The molecule has 2 aromatic rings. The molecule has 2 unspecified atom stereocenters. The van der Waals surface area contributed by atoms with Crippen LogP contribution in [0, 0.1) is 17.8 Å². The zero-order chi connectivity index (χ0) is 39.5. The minimum absolute atomic E-state index is 0.136. The van der Waals surface area contributed by atoms with E-state index in [9.17, 15) is 28.8 Å². The fourth-order valence-electron chi connectivity index (χ4n) is 7.05. The predicted molar refractivity (Wildman–Crippen MR) is 206 cm³/mol. The van der Waals surface area contributed by atoms with Crippen molar-refractivity contribution in [3.8, 4) is 0 Å². The van der Waals surface area contributed by atoms with Crippen LogP contribution in [-0.2, 0) is 70.2 Å². The monoisotopic (exact) mass is 784 g/mol. The van der Waals surface area contributed by atoms with Crippen molar-refractivity contribution in [1.29, 1.82) is 0 Å². The number of carbonyl (C=O) groups excluding carboxylic acids is 6. The molecule has 4 aliphatic rings. The van der Waals surface area contributed by atoms with Crippen LogP contribution in [0.25, 0.3) is 0 Å². The normalized spacial score (nSPS) is 19.3. The van der Waals surface area contributed by atoms with Crippen molar-refractivity contribution in [1.82, 2.24) is 0 Å². The number of esters is 4. The highest BCUT2D eigenvalue weighted by molar-refractivity contribution is 7.13. The van der Waals surface area contributed by atoms with E-state index in [-0.39, 0.29) is 65.5 Å². The molecule has 0 N–H and O–H groups in total. The Bertz CT molecular complexity index is 1760. The van der Waals surface area contributed by atoms with E-state index in [1.165, 1.54) is 11.3 Å². The third kappa shape index (κ3) is 10.7. The van der Waals surface area contributed by atoms with Crippen LogP contribution in [0.1, 0.15) is 158 Å². The molecule has 2 fully saturated rings. The van der Waals surface area contributed by atoms with Crippen molar-refractivity contribution < 1.29 is 47.7 Å². The lowest BCUT2D eigenvalue weighted by Crippen LogP contribution is -2.28. The summed E-state index contributed by atoms with van der Waals surface area (Å²) in [7, 11) is 0. The molecule has 4 aliphatic carbocycles. The first kappa shape index (κ1) is 41.8. The quantitative estimate of drug-likeness (QED) is 0.153. The maximum atomic E-state index is 12.9. The standard InChI is InChI=1S/2C21H28O5S/c1-5-25-19(23)13-8-9-16-14(10-13)18(20(24)26-21(2,3)4)17(27-16)11-15(22)12-6-7-12;1-5-25-19(23)14-8-6-7-13-17(20(24)26-21(2,3)4)16(27-18(13)14)11-15(22)12-9-10-12/h12-13H,5-11H2,1-4H3;12,14H,5-11H2,1-4H3. The summed E-state index contributed by atoms with van der Waals surface area (Å²) in [6.45, 7) is 15.3. The summed E-state index contributed by atoms with van der Waals surface area (Å²) >= 11 is 2.97. The fraction of sp³-hybridized carbons (Fsp3) is 0.667. The van der Waals surface area contributed by atoms with Crippen LogP contribution in [0.15, 0.2) is 0 Å². The minimum Gasteiger partial charge on any atom is -0.466 e. The van der Waals surface area contributed by atoms with Gasteiger partial charge in [-0.1, -0.05) is 0 Å². The van der Waals surface area contributed by atoms with E-state index in [4.69, 9.17) is 18.9 Å². The summed E-state index contributed by atoms with van der Waals surface area (Å²) < 4.78 is 21.7. The Labute approximate surface area is 327 Å². The molecular formula is C42H56O10S2. The van der Waals surface area contributed by atoms with Gasteiger partial charge >= 0.3 is 23.9 Å². The summed E-state index contributed by atoms with van der Waals surface area (Å²) in [4.78, 5) is 78.9. The minimum atomic E-state index is -0.612. The largest absolute Gasteiger partial charge is 0.466 e. The van der Waals surface area contributed by atoms with E-state index in [1.807, 2.05) is 41.5 Å². The molecule has 2 aromatic heterocycles. The zero-order valence-corrected chi connectivity index (χ0v) is 34.7. The van der Waals surface area contributed by atoms with Crippen LogP contribution < -0.4 is 0 Å². The van der Waals surface area contributed by atoms with Crippen molar-refractivity contribution in [3.63, 3.8) is 0 Å². The number of aryl methyl sites for hydroxylation is 1. The zero-order valence-electron chi connectivity index (χ0n) is 33.1. The van der Waals surface area contributed by atoms with Gasteiger partial charge in [0.2, 0.25) is 0 Å². The van der Waals surface area contributed by atoms with Gasteiger partial charge in [0.05, 0.1) is 36.2 Å². The molecule has 2 heterocycles. The van der Waals surface area contributed by atoms with Gasteiger partial charge in [-0.25, -0.2) is 9.59 Å². The molecule has 0 spiro atoms. The molecule has 54 heavy (non-hydrogen) atoms. The Kier molecular flexibility index (Phi) is 13.3. The first-order chi connectivity index (χ1) is 25.4. The van der Waals surface area contributed by atoms with Gasteiger partial charge < -0.3 is 18.9 Å². The van der Waals surface area contributed by atoms with E-state index in [0.717, 1.165) is 88.4 Å². The van der Waals surface area contributed by atoms with E-state index in [2.05, 4.69) is 0 Å². The van der Waals surface area contributed by atoms with Crippen LogP contribution in [0.3, 0.4) is 0 Å². The van der Waals surface area contributed by atoms with E-state index in [1.54, 1.807) is 25.2 Å². The molecule has 12 heteroatoms. The number of Topliss-reactive ketones (excluding diaryl/α,β-unsaturated/α-hetero) is 2. The number of carbonyl (C=O) groups is 6. The second-order valence-corrected chi connectivity index (χ2v) is 19.1. The maximum Gasteiger partial charge on any atom is 0.340 e. The topological polar surface area (TPSA) is 139 Å². The Morgan fingerprint density at radius 2 is 1.11 bits per heavy atom. The van der Waals surface area contributed by atoms with E-state index < -0.39 is 11.2 Å². The molecule has 0 aliphatic heterocycles. The molecule has 10 nitrogen and oxygen atoms in total. The second kappa shape index (κ2) is 17.2. The van der Waals surface area contributed by atoms with E-state index >= 15 is 0 Å². The van der Waals surface area contributed by atoms with Crippen molar-refractivity contribution in [2.45, 2.75) is 150 Å². The molecule has 0 radical (unpaired) electrons. The number of hydrogen-bond donors (Lipinski definition) is 0. The van der Waals surface area contributed by atoms with Crippen LogP contribution in [0.2, 0.25) is 0 Å². The molecule has 0 saturated heterocycles. The molecule has 2 saturated carbocycles. The van der Waals surface area contributed by atoms with Crippen molar-refractivity contribution in [3.05, 3.63) is 41.8 Å². The average Bonchev–Trinajstić information content (AvgIpc) is 4.01. The molecule has 2 atom stereocenters. The van der Waals surface area contributed by atoms with Crippen LogP contribution in [0.5, 0.6) is 0 Å². The first-order valence-electron chi connectivity index (χ1n) is 19.5. The molecule has 296 valence electrons. The third-order valence-electron chi connectivity index (χ3n) is 9.81. The molecular weight excluding hydrogens is 729 g/mol. The van der Waals surface area contributed by atoms with Gasteiger partial charge in [0, 0.05) is 44.2 Å². The second-order valence-electron chi connectivity index (χ2n) is 16.8. The van der Waals surface area contributed by atoms with Crippen molar-refractivity contribution in [2.24, 2.45) is 17.8 Å². The summed E-state index contributed by atoms with van der Waals surface area (Å²) in [6.07, 6.45) is 8.54. The predicted octanol–water partition coefficient (Wildman–Crippen LogP) is 8.10. The highest BCUT2D eigenvalue weighted by Gasteiger charge is 2.39. The SMILES string of the molecule is CCOC(=O)C1CCCc2c1sc(CC(=O)C1CC1)c2C(=O)OC(C)(C)C.CCOC(=O)C1CCc2sc(CC(=O)C3CC3)c(C(=O)OC(C)(C)C)c2C1. The molecule has 0 aromatic carbocycles. The maximum absolute atomic E-state index is 12.9. The fourth-order valence-corrected chi connectivity index (χ4v) is 9.87. The number of thiophene rings is 2. The van der Waals surface area contributed by atoms with E-state index in [0.29, 0.717) is 37.2 Å². The molecule has 0 bridgehead atoms. The van der Waals surface area contributed by atoms with Gasteiger partial charge in [0.15, 0.2) is 0 Å². The van der Waals surface area contributed by atoms with Gasteiger partial charge in [0.25, 0.3) is 0 Å². The average molecular weight is 785 g/mol. The lowest BCUT2D eigenvalue weighted by atomic mass is 9.85. The number of hydrogen-bond acceptors (Lipinski definition) is 12. The highest BCUT2D eigenvalue weighted by Crippen LogP contribution is 2.44. The van der Waals surface area contributed by atoms with Gasteiger partial charge in [-0.15, -0.1) is 22.7 Å². The number of ether oxygens (including phenoxy) is 4. The van der Waals surface area contributed by atoms with Gasteiger partial charge in [0.1, 0.15) is 22.8 Å². The van der Waals surface area contributed by atoms with Gasteiger partial charge in [-0.05, 0) is 131 Å². The van der Waals surface area contributed by atoms with Crippen LogP contribution in [0.4, 0.5) is 0 Å². The Morgan fingerprint density at radius 3 is 1.61 bits per heavy atom. The number of fused-ring (bicyclic) bond motifs is 2. The van der Waals surface area contributed by atoms with Crippen LogP contribution in [-0.4, -0.2) is 59.9 Å². The van der Waals surface area contributed by atoms with Gasteiger partial charge in [-0.3, -0.25) is 19.2 Å². The number of rotatable bonds is 12. The van der Waals surface area contributed by atoms with Crippen LogP contribution >= 0.6 is 22.7 Å². The smallest absolute Gasteiger partial charge is 0.340 e. The third-order valence-corrected chi connectivity index (χ3v) is 12.5. The molecule has 0 amide bonds. The lowest BCUT2D eigenvalue weighted by Gasteiger charge is -2.23. The van der Waals surface area contributed by atoms with Crippen molar-refractivity contribution >= 4 is 58.1 Å². The van der Waals surface area contributed by atoms with Gasteiger partial charge in [-0.2, -0.15) is 0 Å². The Balaban J connectivity index is 0.000000208. The van der Waals surface area contributed by atoms with Crippen molar-refractivity contribution in [2.75, 3.05) is 13.2 Å². The summed E-state index contributed by atoms with van der Waals surface area (Å²) in [5.41, 5.74) is 1.59. The Hall–Kier alpha value is -3.38. The summed E-state index contributed by atoms with van der Waals surface area (Å²) in [6, 6.07) is 0. The molecule has 6 rings (SSSR count). The highest BCUT2D eigenvalue weighted by atomic mass is 32.1. The number of ketones is 2. The first-order valence-corrected chi connectivity index (χ1v) is 21.2.